The monoisotopic (exact) mass is 350 g/mol. The van der Waals surface area contributed by atoms with Crippen LogP contribution in [0, 0.1) is 0 Å². The molecule has 1 aliphatic heterocycles. The summed E-state index contributed by atoms with van der Waals surface area (Å²) in [6, 6.07) is 7.15. The highest BCUT2D eigenvalue weighted by Crippen LogP contribution is 2.25. The molecule has 1 atom stereocenters. The SMILES string of the molecule is O=c1[nH]c(CC2CCCO2)nc(O)c1-c1ccc(Br)cc1. The van der Waals surface area contributed by atoms with E-state index in [0.717, 1.165) is 23.9 Å². The minimum atomic E-state index is -0.335. The van der Waals surface area contributed by atoms with Crippen molar-refractivity contribution in [1.29, 1.82) is 0 Å². The average Bonchev–Trinajstić information content (AvgIpc) is 2.93. The molecule has 1 aromatic heterocycles. The van der Waals surface area contributed by atoms with Crippen molar-refractivity contribution >= 4 is 15.9 Å². The van der Waals surface area contributed by atoms with Crippen LogP contribution in [0.4, 0.5) is 0 Å². The Balaban J connectivity index is 1.92. The summed E-state index contributed by atoms with van der Waals surface area (Å²) in [4.78, 5) is 19.1. The predicted octanol–water partition coefficient (Wildman–Crippen LogP) is 2.63. The highest BCUT2D eigenvalue weighted by Gasteiger charge is 2.19. The van der Waals surface area contributed by atoms with E-state index >= 15 is 0 Å². The van der Waals surface area contributed by atoms with Crippen LogP contribution in [0.3, 0.4) is 0 Å². The maximum atomic E-state index is 12.2. The molecule has 0 amide bonds. The molecule has 0 saturated carbocycles. The van der Waals surface area contributed by atoms with Gasteiger partial charge < -0.3 is 14.8 Å². The summed E-state index contributed by atoms with van der Waals surface area (Å²) in [5, 5.41) is 10.1. The van der Waals surface area contributed by atoms with Gasteiger partial charge in [0, 0.05) is 17.5 Å². The molecule has 2 heterocycles. The van der Waals surface area contributed by atoms with Crippen molar-refractivity contribution in [3.63, 3.8) is 0 Å². The lowest BCUT2D eigenvalue weighted by Crippen LogP contribution is -2.18. The number of rotatable bonds is 3. The Kier molecular flexibility index (Phi) is 4.07. The average molecular weight is 351 g/mol. The van der Waals surface area contributed by atoms with E-state index in [1.807, 2.05) is 12.1 Å². The second kappa shape index (κ2) is 5.99. The molecule has 1 aliphatic rings. The van der Waals surface area contributed by atoms with Crippen molar-refractivity contribution in [1.82, 2.24) is 9.97 Å². The molecular formula is C15H15BrN2O3. The molecule has 0 bridgehead atoms. The Morgan fingerprint density at radius 1 is 1.38 bits per heavy atom. The summed E-state index contributed by atoms with van der Waals surface area (Å²) >= 11 is 3.34. The topological polar surface area (TPSA) is 75.2 Å². The van der Waals surface area contributed by atoms with Crippen molar-refractivity contribution in [3.8, 4) is 17.0 Å². The number of aromatic hydroxyl groups is 1. The van der Waals surface area contributed by atoms with Gasteiger partial charge in [0.25, 0.3) is 5.56 Å². The van der Waals surface area contributed by atoms with Crippen LogP contribution in [0.1, 0.15) is 18.7 Å². The Bertz CT molecular complexity index is 691. The highest BCUT2D eigenvalue weighted by molar-refractivity contribution is 9.10. The third-order valence-corrected chi connectivity index (χ3v) is 4.06. The number of aromatic amines is 1. The molecule has 0 aliphatic carbocycles. The first kappa shape index (κ1) is 14.3. The van der Waals surface area contributed by atoms with E-state index in [4.69, 9.17) is 4.74 Å². The molecule has 2 aromatic rings. The number of nitrogens with one attached hydrogen (secondary N) is 1. The van der Waals surface area contributed by atoms with Gasteiger partial charge in [-0.25, -0.2) is 0 Å². The largest absolute Gasteiger partial charge is 0.493 e. The fourth-order valence-electron chi connectivity index (χ4n) is 2.50. The Hall–Kier alpha value is -1.66. The molecule has 110 valence electrons. The summed E-state index contributed by atoms with van der Waals surface area (Å²) in [5.41, 5.74) is 0.490. The van der Waals surface area contributed by atoms with Gasteiger partial charge in [0.1, 0.15) is 11.4 Å². The van der Waals surface area contributed by atoms with Gasteiger partial charge in [0.2, 0.25) is 5.88 Å². The summed E-state index contributed by atoms with van der Waals surface area (Å²) in [7, 11) is 0. The highest BCUT2D eigenvalue weighted by atomic mass is 79.9. The van der Waals surface area contributed by atoms with Crippen molar-refractivity contribution in [2.45, 2.75) is 25.4 Å². The van der Waals surface area contributed by atoms with Crippen LogP contribution in [0.25, 0.3) is 11.1 Å². The number of benzene rings is 1. The van der Waals surface area contributed by atoms with Gasteiger partial charge in [-0.05, 0) is 30.5 Å². The second-order valence-electron chi connectivity index (χ2n) is 5.06. The van der Waals surface area contributed by atoms with E-state index in [1.165, 1.54) is 0 Å². The normalized spacial score (nSPS) is 18.0. The van der Waals surface area contributed by atoms with Crippen LogP contribution in [0.2, 0.25) is 0 Å². The molecule has 1 fully saturated rings. The first-order valence-corrected chi connectivity index (χ1v) is 7.62. The molecule has 0 radical (unpaired) electrons. The molecule has 6 heteroatoms. The van der Waals surface area contributed by atoms with Crippen LogP contribution in [-0.4, -0.2) is 27.8 Å². The third kappa shape index (κ3) is 3.16. The lowest BCUT2D eigenvalue weighted by Gasteiger charge is -2.10. The number of hydrogen-bond donors (Lipinski definition) is 2. The maximum absolute atomic E-state index is 12.2. The van der Waals surface area contributed by atoms with Crippen LogP contribution < -0.4 is 5.56 Å². The van der Waals surface area contributed by atoms with E-state index in [-0.39, 0.29) is 23.1 Å². The Morgan fingerprint density at radius 2 is 2.14 bits per heavy atom. The molecule has 1 saturated heterocycles. The maximum Gasteiger partial charge on any atom is 0.262 e. The van der Waals surface area contributed by atoms with E-state index in [0.29, 0.717) is 17.8 Å². The molecule has 5 nitrogen and oxygen atoms in total. The quantitative estimate of drug-likeness (QED) is 0.892. The van der Waals surface area contributed by atoms with Gasteiger partial charge in [-0.2, -0.15) is 4.98 Å². The zero-order valence-corrected chi connectivity index (χ0v) is 12.9. The fourth-order valence-corrected chi connectivity index (χ4v) is 2.77. The number of halogens is 1. The van der Waals surface area contributed by atoms with E-state index < -0.39 is 0 Å². The van der Waals surface area contributed by atoms with Crippen LogP contribution in [0.5, 0.6) is 5.88 Å². The van der Waals surface area contributed by atoms with Gasteiger partial charge in [-0.15, -0.1) is 0 Å². The smallest absolute Gasteiger partial charge is 0.262 e. The number of hydrogen-bond acceptors (Lipinski definition) is 4. The first-order valence-electron chi connectivity index (χ1n) is 6.83. The third-order valence-electron chi connectivity index (χ3n) is 3.53. The molecule has 0 spiro atoms. The number of aromatic nitrogens is 2. The standard InChI is InChI=1S/C15H15BrN2O3/c16-10-5-3-9(4-6-10)13-14(19)17-12(18-15(13)20)8-11-2-1-7-21-11/h3-6,11H,1-2,7-8H2,(H2,17,18,19,20). The van der Waals surface area contributed by atoms with E-state index in [1.54, 1.807) is 12.1 Å². The molecule has 1 unspecified atom stereocenters. The van der Waals surface area contributed by atoms with E-state index in [9.17, 15) is 9.90 Å². The van der Waals surface area contributed by atoms with Crippen LogP contribution in [-0.2, 0) is 11.2 Å². The van der Waals surface area contributed by atoms with Crippen LogP contribution in [0.15, 0.2) is 33.5 Å². The molecule has 3 rings (SSSR count). The van der Waals surface area contributed by atoms with E-state index in [2.05, 4.69) is 25.9 Å². The van der Waals surface area contributed by atoms with Crippen molar-refractivity contribution < 1.29 is 9.84 Å². The Labute approximate surface area is 130 Å². The van der Waals surface area contributed by atoms with Gasteiger partial charge in [-0.3, -0.25) is 4.79 Å². The summed E-state index contributed by atoms with van der Waals surface area (Å²) in [6.07, 6.45) is 2.58. The van der Waals surface area contributed by atoms with Crippen molar-refractivity contribution in [3.05, 3.63) is 44.9 Å². The summed E-state index contributed by atoms with van der Waals surface area (Å²) < 4.78 is 6.42. The first-order chi connectivity index (χ1) is 10.1. The zero-order valence-electron chi connectivity index (χ0n) is 11.3. The summed E-state index contributed by atoms with van der Waals surface area (Å²) in [6.45, 7) is 0.748. The van der Waals surface area contributed by atoms with Crippen molar-refractivity contribution in [2.75, 3.05) is 6.61 Å². The number of nitrogens with zero attached hydrogens (tertiary/aromatic N) is 1. The summed E-state index contributed by atoms with van der Waals surface area (Å²) in [5.74, 6) is 0.222. The number of ether oxygens (including phenoxy) is 1. The lowest BCUT2D eigenvalue weighted by atomic mass is 10.1. The van der Waals surface area contributed by atoms with Gasteiger partial charge in [-0.1, -0.05) is 28.1 Å². The minimum Gasteiger partial charge on any atom is -0.493 e. The lowest BCUT2D eigenvalue weighted by molar-refractivity contribution is 0.109. The fraction of sp³-hybridized carbons (Fsp3) is 0.333. The van der Waals surface area contributed by atoms with Crippen molar-refractivity contribution in [2.24, 2.45) is 0 Å². The molecule has 21 heavy (non-hydrogen) atoms. The van der Waals surface area contributed by atoms with Crippen LogP contribution >= 0.6 is 15.9 Å². The second-order valence-corrected chi connectivity index (χ2v) is 5.97. The minimum absolute atomic E-state index is 0.0751. The molecular weight excluding hydrogens is 336 g/mol. The predicted molar refractivity (Wildman–Crippen MR) is 82.3 cm³/mol. The number of H-pyrrole nitrogens is 1. The van der Waals surface area contributed by atoms with Gasteiger partial charge >= 0.3 is 0 Å². The molecule has 1 aromatic carbocycles. The zero-order chi connectivity index (χ0) is 14.8. The molecule has 2 N–H and O–H groups in total. The van der Waals surface area contributed by atoms with Gasteiger partial charge in [0.15, 0.2) is 0 Å². The Morgan fingerprint density at radius 3 is 2.76 bits per heavy atom. The van der Waals surface area contributed by atoms with Gasteiger partial charge in [0.05, 0.1) is 6.10 Å².